The maximum absolute atomic E-state index is 12.5. The van der Waals surface area contributed by atoms with Crippen LogP contribution in [-0.2, 0) is 4.79 Å². The molecule has 0 saturated heterocycles. The van der Waals surface area contributed by atoms with Crippen molar-refractivity contribution >= 4 is 5.91 Å². The van der Waals surface area contributed by atoms with Gasteiger partial charge in [-0.2, -0.15) is 0 Å². The van der Waals surface area contributed by atoms with Crippen LogP contribution in [-0.4, -0.2) is 57.3 Å². The lowest BCUT2D eigenvalue weighted by atomic mass is 9.99. The van der Waals surface area contributed by atoms with Gasteiger partial charge in [0.25, 0.3) is 0 Å². The zero-order valence-corrected chi connectivity index (χ0v) is 36.2. The highest BCUT2D eigenvalue weighted by Gasteiger charge is 2.28. The first-order chi connectivity index (χ1) is 26.5. The monoisotopic (exact) mass is 766 g/mol. The van der Waals surface area contributed by atoms with E-state index in [2.05, 4.69) is 31.3 Å². The summed E-state index contributed by atoms with van der Waals surface area (Å²) in [6.07, 6.45) is 48.3. The quantitative estimate of drug-likeness (QED) is 0.0313. The zero-order valence-electron chi connectivity index (χ0n) is 36.2. The number of carbonyl (C=O) groups excluding carboxylic acids is 1. The highest BCUT2D eigenvalue weighted by atomic mass is 16.3. The molecule has 0 aliphatic carbocycles. The molecule has 0 aromatic carbocycles. The number of rotatable bonds is 44. The molecule has 6 nitrogen and oxygen atoms in total. The molecule has 0 saturated carbocycles. The van der Waals surface area contributed by atoms with Gasteiger partial charge in [0.2, 0.25) is 5.91 Å². The number of allylic oxidation sites excluding steroid dienone is 2. The van der Waals surface area contributed by atoms with Crippen molar-refractivity contribution in [2.75, 3.05) is 6.61 Å². The van der Waals surface area contributed by atoms with E-state index in [1.807, 2.05) is 0 Å². The number of unbranched alkanes of at least 4 members (excludes halogenated alkanes) is 33. The Bertz CT molecular complexity index is 776. The lowest BCUT2D eigenvalue weighted by Gasteiger charge is -2.27. The molecule has 4 unspecified atom stereocenters. The predicted octanol–water partition coefficient (Wildman–Crippen LogP) is 13.0. The average Bonchev–Trinajstić information content (AvgIpc) is 3.18. The van der Waals surface area contributed by atoms with Gasteiger partial charge in [-0.25, -0.2) is 0 Å². The van der Waals surface area contributed by atoms with E-state index in [0.29, 0.717) is 12.8 Å². The molecule has 4 atom stereocenters. The minimum absolute atomic E-state index is 0.370. The molecule has 5 N–H and O–H groups in total. The molecule has 0 fully saturated rings. The van der Waals surface area contributed by atoms with Crippen molar-refractivity contribution in [1.29, 1.82) is 0 Å². The van der Waals surface area contributed by atoms with Gasteiger partial charge in [0.1, 0.15) is 12.2 Å². The Hall–Kier alpha value is -0.950. The second-order valence-electron chi connectivity index (χ2n) is 16.8. The van der Waals surface area contributed by atoms with E-state index < -0.39 is 36.9 Å². The Morgan fingerprint density at radius 3 is 1.07 bits per heavy atom. The molecule has 0 rings (SSSR count). The Labute approximate surface area is 336 Å². The van der Waals surface area contributed by atoms with Gasteiger partial charge in [-0.05, 0) is 38.5 Å². The first-order valence-electron chi connectivity index (χ1n) is 24.1. The third-order valence-electron chi connectivity index (χ3n) is 11.5. The second-order valence-corrected chi connectivity index (χ2v) is 16.8. The van der Waals surface area contributed by atoms with E-state index in [-0.39, 0.29) is 0 Å². The van der Waals surface area contributed by atoms with Gasteiger partial charge in [-0.3, -0.25) is 4.79 Å². The summed E-state index contributed by atoms with van der Waals surface area (Å²) in [4.78, 5) is 12.5. The first-order valence-corrected chi connectivity index (χ1v) is 24.1. The number of amides is 1. The number of carbonyl (C=O) groups is 1. The van der Waals surface area contributed by atoms with Crippen molar-refractivity contribution in [3.05, 3.63) is 12.2 Å². The van der Waals surface area contributed by atoms with Gasteiger partial charge in [0, 0.05) is 0 Å². The van der Waals surface area contributed by atoms with Gasteiger partial charge in [-0.1, -0.05) is 231 Å². The second kappa shape index (κ2) is 43.2. The van der Waals surface area contributed by atoms with Crippen molar-refractivity contribution in [1.82, 2.24) is 5.32 Å². The van der Waals surface area contributed by atoms with Crippen LogP contribution in [0, 0.1) is 0 Å². The summed E-state index contributed by atoms with van der Waals surface area (Å²) < 4.78 is 0. The van der Waals surface area contributed by atoms with Crippen LogP contribution < -0.4 is 5.32 Å². The minimum Gasteiger partial charge on any atom is -0.394 e. The van der Waals surface area contributed by atoms with Crippen LogP contribution in [0.15, 0.2) is 12.2 Å². The highest BCUT2D eigenvalue weighted by Crippen LogP contribution is 2.17. The molecule has 0 bridgehead atoms. The van der Waals surface area contributed by atoms with Crippen LogP contribution >= 0.6 is 0 Å². The number of nitrogens with one attached hydrogen (secondary N) is 1. The Kier molecular flexibility index (Phi) is 42.4. The lowest BCUT2D eigenvalue weighted by molar-refractivity contribution is -0.132. The Balaban J connectivity index is 3.63. The topological polar surface area (TPSA) is 110 Å². The summed E-state index contributed by atoms with van der Waals surface area (Å²) in [5.74, 6) is -0.583. The van der Waals surface area contributed by atoms with Gasteiger partial charge in [0.05, 0.1) is 18.8 Å². The molecule has 1 amide bonds. The van der Waals surface area contributed by atoms with E-state index in [9.17, 15) is 25.2 Å². The molecular formula is C48H95NO5. The molecule has 0 aromatic rings. The van der Waals surface area contributed by atoms with E-state index >= 15 is 0 Å². The van der Waals surface area contributed by atoms with E-state index in [1.165, 1.54) is 193 Å². The van der Waals surface area contributed by atoms with Crippen molar-refractivity contribution in [2.24, 2.45) is 0 Å². The largest absolute Gasteiger partial charge is 0.394 e. The summed E-state index contributed by atoms with van der Waals surface area (Å²) in [6.45, 7) is 4.06. The maximum atomic E-state index is 12.5. The number of hydrogen-bond donors (Lipinski definition) is 5. The number of aliphatic hydroxyl groups is 4. The molecular weight excluding hydrogens is 671 g/mol. The van der Waals surface area contributed by atoms with Crippen LogP contribution in [0.5, 0.6) is 0 Å². The Morgan fingerprint density at radius 2 is 0.741 bits per heavy atom. The van der Waals surface area contributed by atoms with Crippen molar-refractivity contribution < 1.29 is 25.2 Å². The SMILES string of the molecule is CCCCCCCCCCCCCC/C=C\CCCCCCCCCCCCC(O)C(=O)NC(CO)C(O)C(O)CCCCCCCCCCCCCC. The molecule has 0 aromatic heterocycles. The molecule has 322 valence electrons. The fraction of sp³-hybridized carbons (Fsp3) is 0.938. The number of aliphatic hydroxyl groups excluding tert-OH is 4. The molecule has 0 aliphatic rings. The van der Waals surface area contributed by atoms with Crippen LogP contribution in [0.3, 0.4) is 0 Å². The van der Waals surface area contributed by atoms with Crippen LogP contribution in [0.1, 0.15) is 258 Å². The summed E-state index contributed by atoms with van der Waals surface area (Å²) in [6, 6.07) is -0.982. The summed E-state index contributed by atoms with van der Waals surface area (Å²) >= 11 is 0. The predicted molar refractivity (Wildman–Crippen MR) is 233 cm³/mol. The average molecular weight is 766 g/mol. The standard InChI is InChI=1S/C48H95NO5/c1-3-5-7-9-11-13-15-17-18-19-20-21-22-23-24-25-26-27-28-29-30-32-34-36-38-40-42-46(52)48(54)49-44(43-50)47(53)45(51)41-39-37-35-33-31-16-14-12-10-8-6-4-2/h23-24,44-47,50-53H,3-22,25-43H2,1-2H3,(H,49,54)/b24-23-. The maximum Gasteiger partial charge on any atom is 0.249 e. The molecule has 0 radical (unpaired) electrons. The van der Waals surface area contributed by atoms with Crippen molar-refractivity contribution in [3.63, 3.8) is 0 Å². The van der Waals surface area contributed by atoms with Gasteiger partial charge >= 0.3 is 0 Å². The summed E-state index contributed by atoms with van der Waals surface area (Å²) in [7, 11) is 0. The van der Waals surface area contributed by atoms with Crippen LogP contribution in [0.25, 0.3) is 0 Å². The lowest BCUT2D eigenvalue weighted by Crippen LogP contribution is -2.53. The minimum atomic E-state index is -1.26. The van der Waals surface area contributed by atoms with E-state index in [4.69, 9.17) is 0 Å². The normalized spacial score (nSPS) is 14.1. The molecule has 0 spiro atoms. The first kappa shape index (κ1) is 53.0. The van der Waals surface area contributed by atoms with Gasteiger partial charge < -0.3 is 25.7 Å². The third-order valence-corrected chi connectivity index (χ3v) is 11.5. The third kappa shape index (κ3) is 36.7. The molecule has 6 heteroatoms. The van der Waals surface area contributed by atoms with Gasteiger partial charge in [0.15, 0.2) is 0 Å². The smallest absolute Gasteiger partial charge is 0.249 e. The van der Waals surface area contributed by atoms with E-state index in [1.54, 1.807) is 0 Å². The van der Waals surface area contributed by atoms with Gasteiger partial charge in [-0.15, -0.1) is 0 Å². The zero-order chi connectivity index (χ0) is 39.6. The summed E-state index contributed by atoms with van der Waals surface area (Å²) in [5.41, 5.74) is 0. The van der Waals surface area contributed by atoms with Crippen molar-refractivity contribution in [3.8, 4) is 0 Å². The highest BCUT2D eigenvalue weighted by molar-refractivity contribution is 5.80. The summed E-state index contributed by atoms with van der Waals surface area (Å²) in [5, 5.41) is 43.7. The fourth-order valence-corrected chi connectivity index (χ4v) is 7.64. The molecule has 0 heterocycles. The molecule has 0 aliphatic heterocycles. The van der Waals surface area contributed by atoms with Crippen molar-refractivity contribution in [2.45, 2.75) is 282 Å². The number of hydrogen-bond acceptors (Lipinski definition) is 5. The Morgan fingerprint density at radius 1 is 0.444 bits per heavy atom. The van der Waals surface area contributed by atoms with Crippen LogP contribution in [0.4, 0.5) is 0 Å². The fourth-order valence-electron chi connectivity index (χ4n) is 7.64. The van der Waals surface area contributed by atoms with Crippen LogP contribution in [0.2, 0.25) is 0 Å². The molecule has 54 heavy (non-hydrogen) atoms. The van der Waals surface area contributed by atoms with E-state index in [0.717, 1.165) is 38.5 Å².